The zero-order valence-electron chi connectivity index (χ0n) is 14.1. The number of ether oxygens (including phenoxy) is 1. The third kappa shape index (κ3) is 7.77. The van der Waals surface area contributed by atoms with E-state index in [0.717, 1.165) is 6.20 Å². The van der Waals surface area contributed by atoms with Crippen LogP contribution in [-0.2, 0) is 31.6 Å². The van der Waals surface area contributed by atoms with Gasteiger partial charge in [-0.15, -0.1) is 0 Å². The van der Waals surface area contributed by atoms with Crippen LogP contribution in [0.3, 0.4) is 0 Å². The van der Waals surface area contributed by atoms with Gasteiger partial charge in [-0.25, -0.2) is 18.5 Å². The minimum Gasteiger partial charge on any atom is -0.387 e. The molecule has 1 fully saturated rings. The quantitative estimate of drug-likeness (QED) is 0.180. The van der Waals surface area contributed by atoms with Gasteiger partial charge in [-0.2, -0.15) is 8.62 Å². The molecule has 1 aliphatic heterocycles. The Morgan fingerprint density at radius 1 is 1.06 bits per heavy atom. The number of hydrogen-bond acceptors (Lipinski definition) is 11. The zero-order valence-corrected chi connectivity index (χ0v) is 18.4. The van der Waals surface area contributed by atoms with Crippen molar-refractivity contribution >= 4 is 39.4 Å². The highest BCUT2D eigenvalue weighted by Gasteiger charge is 2.46. The highest BCUT2D eigenvalue weighted by molar-refractivity contribution is 9.10. The lowest BCUT2D eigenvalue weighted by molar-refractivity contribution is -0.0543. The fourth-order valence-corrected chi connectivity index (χ4v) is 5.57. The minimum atomic E-state index is -5.74. The summed E-state index contributed by atoms with van der Waals surface area (Å²) in [6.45, 7) is -1.06. The highest BCUT2D eigenvalue weighted by atomic mass is 79.9. The molecule has 21 heteroatoms. The molecule has 1 aromatic heterocycles. The molecule has 1 aliphatic rings. The Labute approximate surface area is 180 Å². The predicted octanol–water partition coefficient (Wildman–Crippen LogP) is -1.10. The lowest BCUT2D eigenvalue weighted by Gasteiger charge is -2.19. The third-order valence-corrected chi connectivity index (χ3v) is 7.72. The maximum Gasteiger partial charge on any atom is 0.490 e. The molecule has 7 N–H and O–H groups in total. The summed E-state index contributed by atoms with van der Waals surface area (Å²) in [4.78, 5) is 60.5. The number of phosphoric acid groups is 3. The first-order chi connectivity index (χ1) is 13.5. The average molecular weight is 579 g/mol. The number of halogens is 1. The molecule has 0 amide bonds. The van der Waals surface area contributed by atoms with E-state index in [-0.39, 0.29) is 11.9 Å². The summed E-state index contributed by atoms with van der Waals surface area (Å²) < 4.78 is 50.6. The number of H-pyrrole nitrogens is 1. The molecule has 2 rings (SSSR count). The SMILES string of the molecule is C.O=c1[nH]c(=O)n([C@@H]2O[C@H](COP(=O)(O)OP(=O)(O)OP(=O)(O)O)[C@@H](O)[C@H]2O)cc1Br. The summed E-state index contributed by atoms with van der Waals surface area (Å²) in [6.07, 6.45) is -5.80. The molecular formula is C10H18BrN2O15P3. The van der Waals surface area contributed by atoms with E-state index < -0.39 is 65.9 Å². The fraction of sp³-hybridized carbons (Fsp3) is 0.600. The van der Waals surface area contributed by atoms with Gasteiger partial charge in [0, 0.05) is 6.20 Å². The number of rotatable bonds is 8. The first-order valence-corrected chi connectivity index (χ1v) is 12.6. The highest BCUT2D eigenvalue weighted by Crippen LogP contribution is 2.66. The van der Waals surface area contributed by atoms with Gasteiger partial charge in [-0.3, -0.25) is 18.9 Å². The van der Waals surface area contributed by atoms with Gasteiger partial charge in [-0.05, 0) is 15.9 Å². The molecule has 17 nitrogen and oxygen atoms in total. The second kappa shape index (κ2) is 10.2. The lowest BCUT2D eigenvalue weighted by Crippen LogP contribution is -2.38. The van der Waals surface area contributed by atoms with Crippen LogP contribution in [0.15, 0.2) is 20.3 Å². The Morgan fingerprint density at radius 2 is 1.65 bits per heavy atom. The van der Waals surface area contributed by atoms with E-state index in [0.29, 0.717) is 4.57 Å². The molecule has 0 aliphatic carbocycles. The Balaban J connectivity index is 0.00000480. The summed E-state index contributed by atoms with van der Waals surface area (Å²) >= 11 is 2.85. The van der Waals surface area contributed by atoms with Crippen LogP contribution >= 0.6 is 39.4 Å². The number of aliphatic hydroxyl groups excluding tert-OH is 2. The largest absolute Gasteiger partial charge is 0.490 e. The van der Waals surface area contributed by atoms with Crippen LogP contribution in [0.1, 0.15) is 13.7 Å². The molecule has 0 aromatic carbocycles. The van der Waals surface area contributed by atoms with Gasteiger partial charge in [0.25, 0.3) is 5.56 Å². The van der Waals surface area contributed by atoms with E-state index in [9.17, 15) is 38.4 Å². The maximum atomic E-state index is 11.9. The first-order valence-electron chi connectivity index (χ1n) is 7.32. The first kappa shape index (κ1) is 28.5. The van der Waals surface area contributed by atoms with Crippen molar-refractivity contribution in [2.24, 2.45) is 0 Å². The molecule has 2 heterocycles. The molecule has 0 radical (unpaired) electrons. The van der Waals surface area contributed by atoms with Crippen LogP contribution in [0.4, 0.5) is 0 Å². The third-order valence-electron chi connectivity index (χ3n) is 3.35. The van der Waals surface area contributed by atoms with Crippen molar-refractivity contribution in [1.82, 2.24) is 9.55 Å². The van der Waals surface area contributed by atoms with E-state index in [1.807, 2.05) is 4.98 Å². The summed E-state index contributed by atoms with van der Waals surface area (Å²) in [5.74, 6) is 0. The number of nitrogens with one attached hydrogen (secondary N) is 1. The summed E-state index contributed by atoms with van der Waals surface area (Å²) in [7, 11) is -16.8. The maximum absolute atomic E-state index is 11.9. The van der Waals surface area contributed by atoms with E-state index in [4.69, 9.17) is 19.4 Å². The fourth-order valence-electron chi connectivity index (χ4n) is 2.22. The van der Waals surface area contributed by atoms with Gasteiger partial charge in [0.1, 0.15) is 18.3 Å². The Kier molecular flexibility index (Phi) is 9.33. The number of hydrogen-bond donors (Lipinski definition) is 7. The van der Waals surface area contributed by atoms with Crippen molar-refractivity contribution in [3.8, 4) is 0 Å². The topological polar surface area (TPSA) is 264 Å². The van der Waals surface area contributed by atoms with E-state index in [1.165, 1.54) is 0 Å². The van der Waals surface area contributed by atoms with Crippen LogP contribution in [0.5, 0.6) is 0 Å². The molecular weight excluding hydrogens is 561 g/mol. The van der Waals surface area contributed by atoms with E-state index >= 15 is 0 Å². The molecule has 6 atom stereocenters. The van der Waals surface area contributed by atoms with E-state index in [2.05, 4.69) is 29.1 Å². The summed E-state index contributed by atoms with van der Waals surface area (Å²) in [6, 6.07) is 0. The molecule has 180 valence electrons. The van der Waals surface area contributed by atoms with Gasteiger partial charge in [0.2, 0.25) is 0 Å². The average Bonchev–Trinajstić information content (AvgIpc) is 2.81. The minimum absolute atomic E-state index is 0. The van der Waals surface area contributed by atoms with Gasteiger partial charge >= 0.3 is 29.2 Å². The zero-order chi connectivity index (χ0) is 23.1. The Bertz CT molecular complexity index is 1050. The van der Waals surface area contributed by atoms with Gasteiger partial charge in [0.15, 0.2) is 6.23 Å². The second-order valence-electron chi connectivity index (χ2n) is 5.58. The summed E-state index contributed by atoms with van der Waals surface area (Å²) in [5.41, 5.74) is -1.80. The van der Waals surface area contributed by atoms with Crippen LogP contribution in [0.25, 0.3) is 0 Å². The lowest BCUT2D eigenvalue weighted by atomic mass is 10.1. The predicted molar refractivity (Wildman–Crippen MR) is 101 cm³/mol. The Hall–Kier alpha value is -0.550. The number of nitrogens with zero attached hydrogens (tertiary/aromatic N) is 1. The van der Waals surface area contributed by atoms with Crippen molar-refractivity contribution in [3.05, 3.63) is 31.5 Å². The molecule has 0 bridgehead atoms. The van der Waals surface area contributed by atoms with Crippen molar-refractivity contribution < 1.29 is 61.4 Å². The van der Waals surface area contributed by atoms with Crippen LogP contribution in [0, 0.1) is 0 Å². The van der Waals surface area contributed by atoms with E-state index in [1.54, 1.807) is 0 Å². The van der Waals surface area contributed by atoms with Gasteiger partial charge in [-0.1, -0.05) is 7.43 Å². The van der Waals surface area contributed by atoms with Gasteiger partial charge in [0.05, 0.1) is 11.1 Å². The summed E-state index contributed by atoms with van der Waals surface area (Å²) in [5, 5.41) is 20.0. The van der Waals surface area contributed by atoms with Crippen molar-refractivity contribution in [1.29, 1.82) is 0 Å². The number of aromatic amines is 1. The van der Waals surface area contributed by atoms with Gasteiger partial charge < -0.3 is 34.5 Å². The molecule has 0 saturated carbocycles. The number of phosphoric ester groups is 1. The van der Waals surface area contributed by atoms with Crippen molar-refractivity contribution in [2.45, 2.75) is 32.0 Å². The molecule has 0 spiro atoms. The van der Waals surface area contributed by atoms with Crippen LogP contribution in [0.2, 0.25) is 0 Å². The molecule has 2 unspecified atom stereocenters. The monoisotopic (exact) mass is 578 g/mol. The standard InChI is InChI=1S/C9H14BrN2O15P3.CH4/c10-3-1-12(9(16)11-7(3)15)8-6(14)5(13)4(25-8)2-24-29(20,21)27-30(22,23)26-28(17,18)19;/h1,4-6,8,13-14H,2H2,(H,20,21)(H,22,23)(H,11,15,16)(H2,17,18,19);1H4/t4-,5-,6-,8-;/m1./s1. The number of aliphatic hydroxyl groups is 2. The second-order valence-corrected chi connectivity index (χ2v) is 10.9. The Morgan fingerprint density at radius 3 is 2.19 bits per heavy atom. The normalized spacial score (nSPS) is 27.8. The van der Waals surface area contributed by atoms with Crippen LogP contribution < -0.4 is 11.2 Å². The molecule has 31 heavy (non-hydrogen) atoms. The molecule has 1 saturated heterocycles. The smallest absolute Gasteiger partial charge is 0.387 e. The number of aromatic nitrogens is 2. The van der Waals surface area contributed by atoms with Crippen molar-refractivity contribution in [2.75, 3.05) is 6.61 Å². The van der Waals surface area contributed by atoms with Crippen LogP contribution in [-0.4, -0.2) is 64.3 Å². The molecule has 1 aromatic rings. The van der Waals surface area contributed by atoms with Crippen molar-refractivity contribution in [3.63, 3.8) is 0 Å².